The van der Waals surface area contributed by atoms with Crippen LogP contribution in [0.4, 0.5) is 5.69 Å². The van der Waals surface area contributed by atoms with Gasteiger partial charge in [0.15, 0.2) is 0 Å². The highest BCUT2D eigenvalue weighted by Crippen LogP contribution is 2.38. The first-order chi connectivity index (χ1) is 19.9. The highest BCUT2D eigenvalue weighted by Gasteiger charge is 2.44. The second-order valence-electron chi connectivity index (χ2n) is 11.7. The summed E-state index contributed by atoms with van der Waals surface area (Å²) in [6.07, 6.45) is 6.30. The van der Waals surface area contributed by atoms with Crippen LogP contribution < -0.4 is 5.32 Å². The van der Waals surface area contributed by atoms with E-state index in [1.54, 1.807) is 17.5 Å². The van der Waals surface area contributed by atoms with Crippen LogP contribution in [0.1, 0.15) is 56.2 Å². The zero-order valence-electron chi connectivity index (χ0n) is 23.9. The first kappa shape index (κ1) is 27.6. The fourth-order valence-corrected chi connectivity index (χ4v) is 7.35. The maximum atomic E-state index is 13.8. The molecule has 2 aliphatic rings. The van der Waals surface area contributed by atoms with Crippen molar-refractivity contribution in [2.24, 2.45) is 5.41 Å². The minimum atomic E-state index is -0.503. The minimum Gasteiger partial charge on any atom is -0.342 e. The van der Waals surface area contributed by atoms with Crippen molar-refractivity contribution < 1.29 is 9.59 Å². The van der Waals surface area contributed by atoms with Crippen molar-refractivity contribution >= 4 is 39.7 Å². The number of anilines is 1. The SMILES string of the molecule is CCCC1(C(=O)Nc2ccc3[nH]nc(-c4ccnc(C)c4)c3c2)CCN(CC(=O)N2CCC(c3ccsc3)CC2)C1. The van der Waals surface area contributed by atoms with E-state index in [2.05, 4.69) is 49.1 Å². The van der Waals surface area contributed by atoms with Crippen molar-refractivity contribution in [1.29, 1.82) is 0 Å². The van der Waals surface area contributed by atoms with Crippen LogP contribution in [-0.4, -0.2) is 69.5 Å². The molecule has 6 rings (SSSR count). The number of likely N-dealkylation sites (tertiary alicyclic amines) is 2. The molecular formula is C32H38N6O2S. The van der Waals surface area contributed by atoms with E-state index < -0.39 is 5.41 Å². The third-order valence-corrected chi connectivity index (χ3v) is 9.56. The van der Waals surface area contributed by atoms with Crippen molar-refractivity contribution in [3.8, 4) is 11.3 Å². The monoisotopic (exact) mass is 570 g/mol. The molecule has 0 radical (unpaired) electrons. The van der Waals surface area contributed by atoms with Gasteiger partial charge in [-0.25, -0.2) is 0 Å². The average Bonchev–Trinajstić information content (AvgIpc) is 3.74. The van der Waals surface area contributed by atoms with Gasteiger partial charge in [0.05, 0.1) is 17.5 Å². The van der Waals surface area contributed by atoms with Crippen LogP contribution in [0.2, 0.25) is 0 Å². The summed E-state index contributed by atoms with van der Waals surface area (Å²) in [5, 5.41) is 16.2. The Kier molecular flexibility index (Phi) is 7.90. The first-order valence-electron chi connectivity index (χ1n) is 14.7. The highest BCUT2D eigenvalue weighted by atomic mass is 32.1. The predicted octanol–water partition coefficient (Wildman–Crippen LogP) is 5.83. The molecule has 1 atom stereocenters. The van der Waals surface area contributed by atoms with E-state index in [1.807, 2.05) is 42.2 Å². The molecule has 0 bridgehead atoms. The van der Waals surface area contributed by atoms with Crippen LogP contribution in [0.5, 0.6) is 0 Å². The van der Waals surface area contributed by atoms with E-state index in [1.165, 1.54) is 5.56 Å². The number of nitrogens with zero attached hydrogens (tertiary/aromatic N) is 4. The van der Waals surface area contributed by atoms with Gasteiger partial charge in [-0.1, -0.05) is 13.3 Å². The summed E-state index contributed by atoms with van der Waals surface area (Å²) in [4.78, 5) is 35.5. The van der Waals surface area contributed by atoms with Crippen molar-refractivity contribution in [2.75, 3.05) is 38.0 Å². The van der Waals surface area contributed by atoms with Gasteiger partial charge in [-0.15, -0.1) is 0 Å². The number of aryl methyl sites for hydroxylation is 1. The van der Waals surface area contributed by atoms with E-state index in [9.17, 15) is 9.59 Å². The Hall–Kier alpha value is -3.56. The summed E-state index contributed by atoms with van der Waals surface area (Å²) in [5.74, 6) is 0.782. The molecule has 5 heterocycles. The molecule has 2 aliphatic heterocycles. The number of benzene rings is 1. The second kappa shape index (κ2) is 11.7. The van der Waals surface area contributed by atoms with Crippen molar-refractivity contribution in [2.45, 2.75) is 51.9 Å². The van der Waals surface area contributed by atoms with Gasteiger partial charge >= 0.3 is 0 Å². The number of carbonyl (C=O) groups is 2. The van der Waals surface area contributed by atoms with E-state index in [4.69, 9.17) is 0 Å². The maximum Gasteiger partial charge on any atom is 0.236 e. The van der Waals surface area contributed by atoms with Crippen LogP contribution in [-0.2, 0) is 9.59 Å². The Balaban J connectivity index is 1.11. The summed E-state index contributed by atoms with van der Waals surface area (Å²) >= 11 is 1.74. The third-order valence-electron chi connectivity index (χ3n) is 8.86. The molecule has 1 aromatic carbocycles. The molecule has 1 unspecified atom stereocenters. The number of aromatic nitrogens is 3. The summed E-state index contributed by atoms with van der Waals surface area (Å²) < 4.78 is 0. The largest absolute Gasteiger partial charge is 0.342 e. The number of piperidine rings is 1. The number of hydrogen-bond acceptors (Lipinski definition) is 6. The van der Waals surface area contributed by atoms with Gasteiger partial charge in [0, 0.05) is 48.2 Å². The molecular weight excluding hydrogens is 532 g/mol. The summed E-state index contributed by atoms with van der Waals surface area (Å²) in [6, 6.07) is 12.1. The van der Waals surface area contributed by atoms with Gasteiger partial charge in [0.2, 0.25) is 11.8 Å². The molecule has 0 spiro atoms. The quantitative estimate of drug-likeness (QED) is 0.278. The number of fused-ring (bicyclic) bond motifs is 1. The minimum absolute atomic E-state index is 0.0371. The molecule has 2 fully saturated rings. The third kappa shape index (κ3) is 5.78. The van der Waals surface area contributed by atoms with Crippen molar-refractivity contribution in [3.63, 3.8) is 0 Å². The number of amides is 2. The van der Waals surface area contributed by atoms with Gasteiger partial charge in [0.1, 0.15) is 5.69 Å². The van der Waals surface area contributed by atoms with Crippen LogP contribution in [0.25, 0.3) is 22.2 Å². The average molecular weight is 571 g/mol. The molecule has 0 aliphatic carbocycles. The van der Waals surface area contributed by atoms with Gasteiger partial charge in [-0.2, -0.15) is 16.4 Å². The lowest BCUT2D eigenvalue weighted by Gasteiger charge is -2.33. The normalized spacial score (nSPS) is 20.1. The number of aromatic amines is 1. The molecule has 2 N–H and O–H groups in total. The number of carbonyl (C=O) groups excluding carboxylic acids is 2. The molecule has 2 saturated heterocycles. The van der Waals surface area contributed by atoms with E-state index in [0.717, 1.165) is 85.3 Å². The molecule has 4 aromatic rings. The number of nitrogens with one attached hydrogen (secondary N) is 2. The fourth-order valence-electron chi connectivity index (χ4n) is 6.60. The highest BCUT2D eigenvalue weighted by molar-refractivity contribution is 7.08. The number of H-pyrrole nitrogens is 1. The summed E-state index contributed by atoms with van der Waals surface area (Å²) in [7, 11) is 0. The smallest absolute Gasteiger partial charge is 0.236 e. The Labute approximate surface area is 245 Å². The number of thiophene rings is 1. The Morgan fingerprint density at radius 3 is 2.76 bits per heavy atom. The zero-order valence-corrected chi connectivity index (χ0v) is 24.7. The Bertz CT molecular complexity index is 1520. The van der Waals surface area contributed by atoms with Crippen LogP contribution in [0, 0.1) is 12.3 Å². The molecule has 2 amide bonds. The lowest BCUT2D eigenvalue weighted by atomic mass is 9.81. The lowest BCUT2D eigenvalue weighted by molar-refractivity contribution is -0.134. The molecule has 0 saturated carbocycles. The second-order valence-corrected chi connectivity index (χ2v) is 12.5. The molecule has 41 heavy (non-hydrogen) atoms. The van der Waals surface area contributed by atoms with Crippen molar-refractivity contribution in [3.05, 3.63) is 64.6 Å². The Morgan fingerprint density at radius 1 is 1.15 bits per heavy atom. The van der Waals surface area contributed by atoms with Crippen molar-refractivity contribution in [1.82, 2.24) is 25.0 Å². The fraction of sp³-hybridized carbons (Fsp3) is 0.438. The lowest BCUT2D eigenvalue weighted by Crippen LogP contribution is -2.45. The van der Waals surface area contributed by atoms with Gasteiger partial charge in [-0.05, 0) is 97.8 Å². The first-order valence-corrected chi connectivity index (χ1v) is 15.6. The molecule has 8 nitrogen and oxygen atoms in total. The van der Waals surface area contributed by atoms with Crippen LogP contribution in [0.15, 0.2) is 53.4 Å². The van der Waals surface area contributed by atoms with E-state index in [-0.39, 0.29) is 11.8 Å². The van der Waals surface area contributed by atoms with Gasteiger partial charge in [-0.3, -0.25) is 24.6 Å². The summed E-state index contributed by atoms with van der Waals surface area (Å²) in [5.41, 5.74) is 5.34. The number of hydrogen-bond donors (Lipinski definition) is 2. The van der Waals surface area contributed by atoms with Crippen LogP contribution >= 0.6 is 11.3 Å². The zero-order chi connectivity index (χ0) is 28.4. The maximum absolute atomic E-state index is 13.8. The van der Waals surface area contributed by atoms with Crippen LogP contribution in [0.3, 0.4) is 0 Å². The van der Waals surface area contributed by atoms with Gasteiger partial charge < -0.3 is 10.2 Å². The molecule has 214 valence electrons. The molecule has 9 heteroatoms. The van der Waals surface area contributed by atoms with Gasteiger partial charge in [0.25, 0.3) is 0 Å². The van der Waals surface area contributed by atoms with E-state index in [0.29, 0.717) is 19.0 Å². The molecule has 3 aromatic heterocycles. The number of rotatable bonds is 8. The van der Waals surface area contributed by atoms with E-state index >= 15 is 0 Å². The predicted molar refractivity (Wildman–Crippen MR) is 164 cm³/mol. The topological polar surface area (TPSA) is 94.2 Å². The summed E-state index contributed by atoms with van der Waals surface area (Å²) in [6.45, 7) is 7.47. The number of pyridine rings is 1. The Morgan fingerprint density at radius 2 is 2.00 bits per heavy atom. The standard InChI is InChI=1S/C32H38N6O2S/c1-3-10-32(11-15-37(21-32)19-29(39)38-13-7-23(8-14-38)25-9-16-41-20-25)31(40)34-26-4-5-28-27(18-26)30(36-35-28)24-6-12-33-22(2)17-24/h4-6,9,12,16-18,20,23H,3,7-8,10-11,13-15,19,21H2,1-2H3,(H,34,40)(H,35,36).